The summed E-state index contributed by atoms with van der Waals surface area (Å²) in [6.07, 6.45) is 3.12. The molecule has 5 nitrogen and oxygen atoms in total. The largest absolute Gasteiger partial charge is 0.444 e. The number of fused-ring (bicyclic) bond motifs is 1. The number of aryl methyl sites for hydroxylation is 1. The molecule has 0 aliphatic carbocycles. The lowest BCUT2D eigenvalue weighted by atomic mass is 10.0. The number of likely N-dealkylation sites (tertiary alicyclic amines) is 1. The molecule has 1 saturated heterocycles. The molecule has 0 saturated carbocycles. The molecule has 1 aromatic carbocycles. The van der Waals surface area contributed by atoms with E-state index in [0.717, 1.165) is 24.9 Å². The van der Waals surface area contributed by atoms with Gasteiger partial charge in [0.1, 0.15) is 11.6 Å². The molecule has 2 heterocycles. The highest BCUT2D eigenvalue weighted by Gasteiger charge is 2.39. The van der Waals surface area contributed by atoms with E-state index in [0.29, 0.717) is 19.5 Å². The Bertz CT molecular complexity index is 636. The van der Waals surface area contributed by atoms with E-state index in [1.165, 1.54) is 5.56 Å². The van der Waals surface area contributed by atoms with Crippen LogP contribution in [-0.2, 0) is 16.0 Å². The van der Waals surface area contributed by atoms with Gasteiger partial charge in [0.25, 0.3) is 0 Å². The Morgan fingerprint density at radius 3 is 2.62 bits per heavy atom. The lowest BCUT2D eigenvalue weighted by Gasteiger charge is -2.34. The maximum Gasteiger partial charge on any atom is 0.410 e. The fraction of sp³-hybridized carbons (Fsp3) is 0.579. The molecule has 2 aliphatic heterocycles. The molecular weight excluding hydrogens is 304 g/mol. The number of benzene rings is 1. The third kappa shape index (κ3) is 3.40. The quantitative estimate of drug-likeness (QED) is 0.793. The highest BCUT2D eigenvalue weighted by atomic mass is 16.6. The standard InChI is InChI=1S/C19H26N2O3/c1-19(2,3)24-18(23)21-13-7-11-16(21)17(22)20-12-6-9-14-8-4-5-10-15(14)20/h4-5,8,10,16H,6-7,9,11-13H2,1-3H3/t16-/m0/s1. The van der Waals surface area contributed by atoms with Gasteiger partial charge in [-0.15, -0.1) is 0 Å². The Morgan fingerprint density at radius 2 is 1.88 bits per heavy atom. The Labute approximate surface area is 143 Å². The molecule has 0 aromatic heterocycles. The summed E-state index contributed by atoms with van der Waals surface area (Å²) in [7, 11) is 0. The van der Waals surface area contributed by atoms with E-state index in [1.807, 2.05) is 43.9 Å². The number of nitrogens with zero attached hydrogens (tertiary/aromatic N) is 2. The second kappa shape index (κ2) is 6.46. The molecule has 0 bridgehead atoms. The zero-order chi connectivity index (χ0) is 17.3. The van der Waals surface area contributed by atoms with Gasteiger partial charge in [0.05, 0.1) is 0 Å². The first kappa shape index (κ1) is 16.8. The van der Waals surface area contributed by atoms with Gasteiger partial charge in [-0.1, -0.05) is 18.2 Å². The van der Waals surface area contributed by atoms with Crippen LogP contribution in [0.5, 0.6) is 0 Å². The topological polar surface area (TPSA) is 49.9 Å². The number of ether oxygens (including phenoxy) is 1. The van der Waals surface area contributed by atoms with Crippen molar-refractivity contribution >= 4 is 17.7 Å². The number of rotatable bonds is 1. The van der Waals surface area contributed by atoms with E-state index in [2.05, 4.69) is 6.07 Å². The minimum atomic E-state index is -0.551. The number of hydrogen-bond donors (Lipinski definition) is 0. The monoisotopic (exact) mass is 330 g/mol. The first-order valence-electron chi connectivity index (χ1n) is 8.76. The van der Waals surface area contributed by atoms with Crippen molar-refractivity contribution in [3.8, 4) is 0 Å². The second-order valence-corrected chi connectivity index (χ2v) is 7.55. The van der Waals surface area contributed by atoms with Gasteiger partial charge in [-0.3, -0.25) is 9.69 Å². The number of para-hydroxylation sites is 1. The second-order valence-electron chi connectivity index (χ2n) is 7.55. The predicted molar refractivity (Wildman–Crippen MR) is 93.1 cm³/mol. The van der Waals surface area contributed by atoms with Crippen LogP contribution in [0.15, 0.2) is 24.3 Å². The molecule has 2 aliphatic rings. The Balaban J connectivity index is 1.78. The fourth-order valence-electron chi connectivity index (χ4n) is 3.50. The molecule has 0 N–H and O–H groups in total. The van der Waals surface area contributed by atoms with Gasteiger partial charge >= 0.3 is 6.09 Å². The summed E-state index contributed by atoms with van der Waals surface area (Å²) >= 11 is 0. The first-order valence-corrected chi connectivity index (χ1v) is 8.76. The summed E-state index contributed by atoms with van der Waals surface area (Å²) in [4.78, 5) is 29.0. The highest BCUT2D eigenvalue weighted by Crippen LogP contribution is 2.30. The van der Waals surface area contributed by atoms with Gasteiger partial charge in [0, 0.05) is 18.8 Å². The van der Waals surface area contributed by atoms with Gasteiger partial charge in [0.15, 0.2) is 0 Å². The molecule has 1 fully saturated rings. The summed E-state index contributed by atoms with van der Waals surface area (Å²) in [5.74, 6) is 0.0190. The third-order valence-corrected chi connectivity index (χ3v) is 4.54. The maximum atomic E-state index is 13.1. The number of hydrogen-bond acceptors (Lipinski definition) is 3. The van der Waals surface area contributed by atoms with Crippen molar-refractivity contribution < 1.29 is 14.3 Å². The molecule has 130 valence electrons. The zero-order valence-corrected chi connectivity index (χ0v) is 14.7. The molecule has 1 atom stereocenters. The highest BCUT2D eigenvalue weighted by molar-refractivity contribution is 5.99. The molecule has 3 rings (SSSR count). The van der Waals surface area contributed by atoms with Crippen LogP contribution in [0.3, 0.4) is 0 Å². The summed E-state index contributed by atoms with van der Waals surface area (Å²) in [5.41, 5.74) is 1.65. The van der Waals surface area contributed by atoms with Crippen molar-refractivity contribution in [1.29, 1.82) is 0 Å². The molecule has 0 spiro atoms. The van der Waals surface area contributed by atoms with Crippen LogP contribution in [0.1, 0.15) is 45.6 Å². The Kier molecular flexibility index (Phi) is 4.52. The lowest BCUT2D eigenvalue weighted by Crippen LogP contribution is -2.50. The van der Waals surface area contributed by atoms with Crippen LogP contribution in [0.25, 0.3) is 0 Å². The number of amides is 2. The van der Waals surface area contributed by atoms with Crippen molar-refractivity contribution in [3.63, 3.8) is 0 Å². The molecule has 0 radical (unpaired) electrons. The van der Waals surface area contributed by atoms with Crippen molar-refractivity contribution in [3.05, 3.63) is 29.8 Å². The summed E-state index contributed by atoms with van der Waals surface area (Å²) < 4.78 is 5.48. The number of anilines is 1. The molecule has 2 amide bonds. The summed E-state index contributed by atoms with van der Waals surface area (Å²) in [6.45, 7) is 6.84. The van der Waals surface area contributed by atoms with Crippen molar-refractivity contribution in [2.75, 3.05) is 18.0 Å². The Morgan fingerprint density at radius 1 is 1.12 bits per heavy atom. The summed E-state index contributed by atoms with van der Waals surface area (Å²) in [5, 5.41) is 0. The molecule has 1 aromatic rings. The average Bonchev–Trinajstić information content (AvgIpc) is 3.02. The van der Waals surface area contributed by atoms with Crippen LogP contribution in [0, 0.1) is 0 Å². The predicted octanol–water partition coefficient (Wildman–Crippen LogP) is 3.37. The smallest absolute Gasteiger partial charge is 0.410 e. The van der Waals surface area contributed by atoms with E-state index in [9.17, 15) is 9.59 Å². The van der Waals surface area contributed by atoms with Crippen LogP contribution in [-0.4, -0.2) is 41.6 Å². The van der Waals surface area contributed by atoms with Gasteiger partial charge in [-0.25, -0.2) is 4.79 Å². The molecule has 24 heavy (non-hydrogen) atoms. The minimum absolute atomic E-state index is 0.0190. The number of carbonyl (C=O) groups excluding carboxylic acids is 2. The number of carbonyl (C=O) groups is 2. The van der Waals surface area contributed by atoms with Crippen LogP contribution in [0.4, 0.5) is 10.5 Å². The first-order chi connectivity index (χ1) is 11.4. The Hall–Kier alpha value is -2.04. The fourth-order valence-corrected chi connectivity index (χ4v) is 3.50. The van der Waals surface area contributed by atoms with Crippen LogP contribution in [0.2, 0.25) is 0 Å². The maximum absolute atomic E-state index is 13.1. The van der Waals surface area contributed by atoms with Gasteiger partial charge in [0.2, 0.25) is 5.91 Å². The minimum Gasteiger partial charge on any atom is -0.444 e. The van der Waals surface area contributed by atoms with Crippen molar-refractivity contribution in [1.82, 2.24) is 4.90 Å². The lowest BCUT2D eigenvalue weighted by molar-refractivity contribution is -0.123. The zero-order valence-electron chi connectivity index (χ0n) is 14.7. The summed E-state index contributed by atoms with van der Waals surface area (Å²) in [6, 6.07) is 7.64. The molecular formula is C19H26N2O3. The third-order valence-electron chi connectivity index (χ3n) is 4.54. The van der Waals surface area contributed by atoms with E-state index in [1.54, 1.807) is 4.90 Å². The molecule has 0 unspecified atom stereocenters. The van der Waals surface area contributed by atoms with Crippen LogP contribution < -0.4 is 4.90 Å². The normalized spacial score (nSPS) is 20.7. The van der Waals surface area contributed by atoms with Gasteiger partial charge < -0.3 is 9.64 Å². The van der Waals surface area contributed by atoms with E-state index in [4.69, 9.17) is 4.74 Å². The van der Waals surface area contributed by atoms with E-state index >= 15 is 0 Å². The SMILES string of the molecule is CC(C)(C)OC(=O)N1CCC[C@H]1C(=O)N1CCCc2ccccc21. The van der Waals surface area contributed by atoms with Crippen molar-refractivity contribution in [2.24, 2.45) is 0 Å². The van der Waals surface area contributed by atoms with Gasteiger partial charge in [-0.05, 0) is 58.1 Å². The van der Waals surface area contributed by atoms with E-state index < -0.39 is 11.6 Å². The average molecular weight is 330 g/mol. The van der Waals surface area contributed by atoms with Crippen molar-refractivity contribution in [2.45, 2.75) is 58.1 Å². The van der Waals surface area contributed by atoms with Crippen LogP contribution >= 0.6 is 0 Å². The van der Waals surface area contributed by atoms with Gasteiger partial charge in [-0.2, -0.15) is 0 Å². The molecule has 5 heteroatoms. The van der Waals surface area contributed by atoms with E-state index in [-0.39, 0.29) is 12.0 Å².